The first-order valence-corrected chi connectivity index (χ1v) is 8.81. The largest absolute Gasteiger partial charge is 0.484 e. The number of carbonyl (C=O) groups is 1. The maximum Gasteiger partial charge on any atom is 0.416 e. The highest BCUT2D eigenvalue weighted by Gasteiger charge is 2.30. The molecule has 1 heterocycles. The second-order valence-corrected chi connectivity index (χ2v) is 6.45. The zero-order valence-corrected chi connectivity index (χ0v) is 15.3. The molecule has 2 aromatic carbocycles. The molecule has 0 saturated carbocycles. The van der Waals surface area contributed by atoms with Gasteiger partial charge in [-0.05, 0) is 36.4 Å². The third kappa shape index (κ3) is 5.15. The van der Waals surface area contributed by atoms with Crippen LogP contribution in [-0.4, -0.2) is 48.5 Å². The second-order valence-electron chi connectivity index (χ2n) is 6.45. The van der Waals surface area contributed by atoms with Crippen molar-refractivity contribution < 1.29 is 27.6 Å². The monoisotopic (exact) mass is 409 g/mol. The lowest BCUT2D eigenvalue weighted by molar-refractivity contribution is -0.384. The maximum absolute atomic E-state index is 12.6. The Morgan fingerprint density at radius 3 is 2.10 bits per heavy atom. The lowest BCUT2D eigenvalue weighted by atomic mass is 10.2. The highest BCUT2D eigenvalue weighted by molar-refractivity contribution is 5.78. The number of nitro groups is 1. The van der Waals surface area contributed by atoms with Crippen LogP contribution in [0.3, 0.4) is 0 Å². The molecule has 1 saturated heterocycles. The van der Waals surface area contributed by atoms with Crippen molar-refractivity contribution in [2.45, 2.75) is 6.18 Å². The van der Waals surface area contributed by atoms with Crippen LogP contribution in [0.2, 0.25) is 0 Å². The number of non-ortho nitro benzene ring substituents is 1. The number of carbonyl (C=O) groups excluding carboxylic acids is 1. The number of piperazine rings is 1. The molecule has 2 aromatic rings. The third-order valence-electron chi connectivity index (χ3n) is 4.60. The number of hydrogen-bond acceptors (Lipinski definition) is 5. The van der Waals surface area contributed by atoms with Crippen LogP contribution in [0.25, 0.3) is 0 Å². The van der Waals surface area contributed by atoms with E-state index in [0.29, 0.717) is 26.2 Å². The van der Waals surface area contributed by atoms with Crippen LogP contribution < -0.4 is 9.64 Å². The van der Waals surface area contributed by atoms with Crippen molar-refractivity contribution in [3.63, 3.8) is 0 Å². The van der Waals surface area contributed by atoms with Crippen LogP contribution in [0, 0.1) is 10.1 Å². The van der Waals surface area contributed by atoms with Gasteiger partial charge >= 0.3 is 6.18 Å². The normalized spacial score (nSPS) is 14.6. The second kappa shape index (κ2) is 8.38. The SMILES string of the molecule is O=C(COc1ccc(C(F)(F)F)cc1)N1CCN(c2ccc([N+](=O)[O-])cc2)CC1. The highest BCUT2D eigenvalue weighted by atomic mass is 19.4. The van der Waals surface area contributed by atoms with E-state index in [0.717, 1.165) is 17.8 Å². The molecular formula is C19H18F3N3O4. The maximum atomic E-state index is 12.6. The third-order valence-corrected chi connectivity index (χ3v) is 4.60. The molecule has 29 heavy (non-hydrogen) atoms. The molecule has 0 N–H and O–H groups in total. The molecule has 0 aliphatic carbocycles. The van der Waals surface area contributed by atoms with Crippen LogP contribution in [0.1, 0.15) is 5.56 Å². The number of hydrogen-bond donors (Lipinski definition) is 0. The number of amides is 1. The van der Waals surface area contributed by atoms with E-state index >= 15 is 0 Å². The molecule has 0 radical (unpaired) electrons. The minimum Gasteiger partial charge on any atom is -0.484 e. The molecule has 1 amide bonds. The summed E-state index contributed by atoms with van der Waals surface area (Å²) in [5, 5.41) is 10.7. The summed E-state index contributed by atoms with van der Waals surface area (Å²) in [6.07, 6.45) is -4.42. The number of nitro benzene ring substituents is 1. The standard InChI is InChI=1S/C19H18F3N3O4/c20-19(21,22)14-1-7-17(8-2-14)29-13-18(26)24-11-9-23(10-12-24)15-3-5-16(6-4-15)25(27)28/h1-8H,9-13H2. The summed E-state index contributed by atoms with van der Waals surface area (Å²) in [4.78, 5) is 26.2. The average molecular weight is 409 g/mol. The number of nitrogens with zero attached hydrogens (tertiary/aromatic N) is 3. The van der Waals surface area contributed by atoms with Gasteiger partial charge < -0.3 is 14.5 Å². The predicted octanol–water partition coefficient (Wildman–Crippen LogP) is 3.34. The quantitative estimate of drug-likeness (QED) is 0.559. The van der Waals surface area contributed by atoms with Gasteiger partial charge in [0.2, 0.25) is 0 Å². The van der Waals surface area contributed by atoms with Crippen LogP contribution in [0.15, 0.2) is 48.5 Å². The Kier molecular flexibility index (Phi) is 5.90. The summed E-state index contributed by atoms with van der Waals surface area (Å²) in [6.45, 7) is 1.76. The highest BCUT2D eigenvalue weighted by Crippen LogP contribution is 2.30. The lowest BCUT2D eigenvalue weighted by Gasteiger charge is -2.36. The van der Waals surface area contributed by atoms with E-state index in [1.807, 2.05) is 4.90 Å². The minimum atomic E-state index is -4.42. The molecule has 10 heteroatoms. The van der Waals surface area contributed by atoms with Crippen molar-refractivity contribution in [2.75, 3.05) is 37.7 Å². The molecule has 0 aromatic heterocycles. The Hall–Kier alpha value is -3.30. The van der Waals surface area contributed by atoms with Crippen molar-refractivity contribution in [3.05, 3.63) is 64.2 Å². The van der Waals surface area contributed by atoms with Crippen molar-refractivity contribution >= 4 is 17.3 Å². The Balaban J connectivity index is 1.48. The van der Waals surface area contributed by atoms with Gasteiger partial charge in [-0.1, -0.05) is 0 Å². The van der Waals surface area contributed by atoms with Gasteiger partial charge in [0.25, 0.3) is 11.6 Å². The van der Waals surface area contributed by atoms with Crippen LogP contribution in [0.5, 0.6) is 5.75 Å². The molecular weight excluding hydrogens is 391 g/mol. The molecule has 1 fully saturated rings. The van der Waals surface area contributed by atoms with Gasteiger partial charge in [-0.3, -0.25) is 14.9 Å². The van der Waals surface area contributed by atoms with Crippen molar-refractivity contribution in [3.8, 4) is 5.75 Å². The molecule has 1 aliphatic heterocycles. The van der Waals surface area contributed by atoms with Crippen LogP contribution in [-0.2, 0) is 11.0 Å². The lowest BCUT2D eigenvalue weighted by Crippen LogP contribution is -2.50. The van der Waals surface area contributed by atoms with E-state index in [1.54, 1.807) is 17.0 Å². The van der Waals surface area contributed by atoms with Gasteiger partial charge in [0, 0.05) is 44.0 Å². The average Bonchev–Trinajstić information content (AvgIpc) is 2.72. The summed E-state index contributed by atoms with van der Waals surface area (Å²) in [5.74, 6) is -0.0656. The summed E-state index contributed by atoms with van der Waals surface area (Å²) < 4.78 is 43.0. The van der Waals surface area contributed by atoms with E-state index in [4.69, 9.17) is 4.74 Å². The summed E-state index contributed by atoms with van der Waals surface area (Å²) in [6, 6.07) is 10.4. The number of benzene rings is 2. The Labute approximate surface area is 164 Å². The van der Waals surface area contributed by atoms with Crippen molar-refractivity contribution in [2.24, 2.45) is 0 Å². The molecule has 0 bridgehead atoms. The Morgan fingerprint density at radius 2 is 1.59 bits per heavy atom. The van der Waals surface area contributed by atoms with Gasteiger partial charge in [-0.15, -0.1) is 0 Å². The van der Waals surface area contributed by atoms with Crippen molar-refractivity contribution in [1.29, 1.82) is 0 Å². The van der Waals surface area contributed by atoms with Crippen molar-refractivity contribution in [1.82, 2.24) is 4.90 Å². The Morgan fingerprint density at radius 1 is 1.00 bits per heavy atom. The van der Waals surface area contributed by atoms with Gasteiger partial charge in [0.05, 0.1) is 10.5 Å². The zero-order valence-electron chi connectivity index (χ0n) is 15.3. The first-order valence-electron chi connectivity index (χ1n) is 8.81. The smallest absolute Gasteiger partial charge is 0.416 e. The topological polar surface area (TPSA) is 75.9 Å². The van der Waals surface area contributed by atoms with E-state index in [2.05, 4.69) is 0 Å². The number of halogens is 3. The number of anilines is 1. The first kappa shape index (κ1) is 20.4. The van der Waals surface area contributed by atoms with Gasteiger partial charge in [0.1, 0.15) is 5.75 Å². The van der Waals surface area contributed by atoms with Crippen LogP contribution in [0.4, 0.5) is 24.5 Å². The fraction of sp³-hybridized carbons (Fsp3) is 0.316. The molecule has 0 atom stereocenters. The zero-order chi connectivity index (χ0) is 21.0. The van der Waals surface area contributed by atoms with E-state index in [-0.39, 0.29) is 24.0 Å². The molecule has 3 rings (SSSR count). The summed E-state index contributed by atoms with van der Waals surface area (Å²) in [7, 11) is 0. The fourth-order valence-corrected chi connectivity index (χ4v) is 2.98. The van der Waals surface area contributed by atoms with Crippen LogP contribution >= 0.6 is 0 Å². The molecule has 154 valence electrons. The van der Waals surface area contributed by atoms with E-state index in [1.165, 1.54) is 24.3 Å². The van der Waals surface area contributed by atoms with E-state index < -0.39 is 16.7 Å². The van der Waals surface area contributed by atoms with Gasteiger partial charge in [-0.2, -0.15) is 13.2 Å². The van der Waals surface area contributed by atoms with Gasteiger partial charge in [-0.25, -0.2) is 0 Å². The number of alkyl halides is 3. The van der Waals surface area contributed by atoms with Gasteiger partial charge in [0.15, 0.2) is 6.61 Å². The molecule has 1 aliphatic rings. The Bertz CT molecular complexity index is 862. The molecule has 0 unspecified atom stereocenters. The predicted molar refractivity (Wildman–Crippen MR) is 98.8 cm³/mol. The number of rotatable bonds is 5. The summed E-state index contributed by atoms with van der Waals surface area (Å²) >= 11 is 0. The summed E-state index contributed by atoms with van der Waals surface area (Å²) in [5.41, 5.74) is 0.0743. The fourth-order valence-electron chi connectivity index (χ4n) is 2.98. The molecule has 0 spiro atoms. The van der Waals surface area contributed by atoms with E-state index in [9.17, 15) is 28.1 Å². The molecule has 7 nitrogen and oxygen atoms in total. The first-order chi connectivity index (χ1) is 13.7. The number of ether oxygens (including phenoxy) is 1. The minimum absolute atomic E-state index is 0.0166.